The Bertz CT molecular complexity index is 365. The van der Waals surface area contributed by atoms with Crippen molar-refractivity contribution in [3.8, 4) is 5.69 Å². The minimum absolute atomic E-state index is 0.745. The molecule has 1 aromatic carbocycles. The van der Waals surface area contributed by atoms with E-state index in [1.54, 1.807) is 10.8 Å². The van der Waals surface area contributed by atoms with Gasteiger partial charge < -0.3 is 5.73 Å². The first-order valence-corrected chi connectivity index (χ1v) is 3.63. The largest absolute Gasteiger partial charge is 0.399 e. The number of benzene rings is 1. The van der Waals surface area contributed by atoms with Gasteiger partial charge in [-0.25, -0.2) is 4.98 Å². The molecular formula is C9H8N3. The number of aromatic nitrogens is 2. The van der Waals surface area contributed by atoms with Gasteiger partial charge >= 0.3 is 0 Å². The van der Waals surface area contributed by atoms with Crippen molar-refractivity contribution in [1.82, 2.24) is 9.55 Å². The smallest absolute Gasteiger partial charge is 0.181 e. The Balaban J connectivity index is 2.48. The summed E-state index contributed by atoms with van der Waals surface area (Å²) in [7, 11) is 0. The lowest BCUT2D eigenvalue weighted by Crippen LogP contribution is -1.92. The molecule has 2 N–H and O–H groups in total. The van der Waals surface area contributed by atoms with Crippen LogP contribution >= 0.6 is 0 Å². The van der Waals surface area contributed by atoms with Gasteiger partial charge in [0.2, 0.25) is 0 Å². The molecular weight excluding hydrogens is 150 g/mol. The average molecular weight is 158 g/mol. The molecule has 3 nitrogen and oxygen atoms in total. The molecule has 3 heteroatoms. The van der Waals surface area contributed by atoms with E-state index in [9.17, 15) is 0 Å². The van der Waals surface area contributed by atoms with Crippen LogP contribution < -0.4 is 5.73 Å². The highest BCUT2D eigenvalue weighted by Crippen LogP contribution is 2.10. The van der Waals surface area contributed by atoms with E-state index in [0.717, 1.165) is 11.4 Å². The Morgan fingerprint density at radius 2 is 2.33 bits per heavy atom. The van der Waals surface area contributed by atoms with E-state index in [1.165, 1.54) is 0 Å². The SMILES string of the molecule is Nc1cccc(-n2[c]ncc2)c1. The highest BCUT2D eigenvalue weighted by Gasteiger charge is 1.94. The number of nitrogens with zero attached hydrogens (tertiary/aromatic N) is 2. The molecule has 0 aliphatic carbocycles. The summed E-state index contributed by atoms with van der Waals surface area (Å²) in [5, 5.41) is 0. The van der Waals surface area contributed by atoms with E-state index in [4.69, 9.17) is 5.73 Å². The van der Waals surface area contributed by atoms with Crippen molar-refractivity contribution in [2.75, 3.05) is 5.73 Å². The number of nitrogens with two attached hydrogens (primary N) is 1. The fourth-order valence-electron chi connectivity index (χ4n) is 1.05. The van der Waals surface area contributed by atoms with Crippen LogP contribution in [0.2, 0.25) is 0 Å². The Morgan fingerprint density at radius 1 is 1.42 bits per heavy atom. The Hall–Kier alpha value is -1.77. The van der Waals surface area contributed by atoms with Crippen molar-refractivity contribution < 1.29 is 0 Å². The molecule has 0 spiro atoms. The highest BCUT2D eigenvalue weighted by atomic mass is 15.0. The normalized spacial score (nSPS) is 10.0. The van der Waals surface area contributed by atoms with Crippen molar-refractivity contribution in [2.45, 2.75) is 0 Å². The first-order chi connectivity index (χ1) is 5.86. The van der Waals surface area contributed by atoms with Gasteiger partial charge in [-0.1, -0.05) is 6.07 Å². The van der Waals surface area contributed by atoms with E-state index in [2.05, 4.69) is 11.3 Å². The maximum Gasteiger partial charge on any atom is 0.181 e. The molecule has 0 atom stereocenters. The Labute approximate surface area is 70.5 Å². The molecule has 2 aromatic rings. The third-order valence-electron chi connectivity index (χ3n) is 1.60. The Morgan fingerprint density at radius 3 is 3.00 bits per heavy atom. The minimum Gasteiger partial charge on any atom is -0.399 e. The van der Waals surface area contributed by atoms with Crippen molar-refractivity contribution in [1.29, 1.82) is 0 Å². The fourth-order valence-corrected chi connectivity index (χ4v) is 1.05. The van der Waals surface area contributed by atoms with Gasteiger partial charge in [0.15, 0.2) is 6.33 Å². The molecule has 1 heterocycles. The summed E-state index contributed by atoms with van der Waals surface area (Å²) in [5.41, 5.74) is 7.34. The maximum absolute atomic E-state index is 5.62. The number of rotatable bonds is 1. The topological polar surface area (TPSA) is 43.8 Å². The van der Waals surface area contributed by atoms with Crippen LogP contribution in [0.15, 0.2) is 36.7 Å². The van der Waals surface area contributed by atoms with Crippen molar-refractivity contribution in [3.63, 3.8) is 0 Å². The van der Waals surface area contributed by atoms with Gasteiger partial charge in [-0.05, 0) is 18.2 Å². The number of anilines is 1. The summed E-state index contributed by atoms with van der Waals surface area (Å²) in [4.78, 5) is 3.83. The minimum atomic E-state index is 0.745. The van der Waals surface area contributed by atoms with Crippen molar-refractivity contribution >= 4 is 5.69 Å². The molecule has 0 aliphatic heterocycles. The van der Waals surface area contributed by atoms with Crippen LogP contribution in [0.1, 0.15) is 0 Å². The van der Waals surface area contributed by atoms with E-state index in [1.807, 2.05) is 30.5 Å². The first kappa shape index (κ1) is 6.91. The highest BCUT2D eigenvalue weighted by molar-refractivity contribution is 5.47. The van der Waals surface area contributed by atoms with Gasteiger partial charge in [0.1, 0.15) is 0 Å². The lowest BCUT2D eigenvalue weighted by molar-refractivity contribution is 1.04. The van der Waals surface area contributed by atoms with Crippen LogP contribution in [0.3, 0.4) is 0 Å². The molecule has 12 heavy (non-hydrogen) atoms. The van der Waals surface area contributed by atoms with Crippen molar-refractivity contribution in [3.05, 3.63) is 43.0 Å². The summed E-state index contributed by atoms with van der Waals surface area (Å²) >= 11 is 0. The molecule has 0 amide bonds. The molecule has 1 radical (unpaired) electrons. The van der Waals surface area contributed by atoms with Crippen LogP contribution in [0.5, 0.6) is 0 Å². The zero-order valence-corrected chi connectivity index (χ0v) is 6.44. The summed E-state index contributed by atoms with van der Waals surface area (Å²) in [6.45, 7) is 0. The third-order valence-corrected chi connectivity index (χ3v) is 1.60. The zero-order valence-electron chi connectivity index (χ0n) is 6.44. The van der Waals surface area contributed by atoms with E-state index in [0.29, 0.717) is 0 Å². The molecule has 0 saturated carbocycles. The van der Waals surface area contributed by atoms with E-state index >= 15 is 0 Å². The Kier molecular flexibility index (Phi) is 1.55. The second-order valence-electron chi connectivity index (χ2n) is 2.49. The lowest BCUT2D eigenvalue weighted by atomic mass is 10.3. The summed E-state index contributed by atoms with van der Waals surface area (Å²) in [5.74, 6) is 0. The van der Waals surface area contributed by atoms with E-state index in [-0.39, 0.29) is 0 Å². The van der Waals surface area contributed by atoms with Gasteiger partial charge in [-0.2, -0.15) is 0 Å². The molecule has 0 bridgehead atoms. The third kappa shape index (κ3) is 1.16. The molecule has 0 saturated heterocycles. The molecule has 0 fully saturated rings. The van der Waals surface area contributed by atoms with Gasteiger partial charge in [0.25, 0.3) is 0 Å². The standard InChI is InChI=1S/C9H8N3/c10-8-2-1-3-9(6-8)12-5-4-11-7-12/h1-6H,10H2. The average Bonchev–Trinajstić information content (AvgIpc) is 2.56. The van der Waals surface area contributed by atoms with Crippen LogP contribution in [0, 0.1) is 6.33 Å². The number of nitrogen functional groups attached to an aromatic ring is 1. The predicted octanol–water partition coefficient (Wildman–Crippen LogP) is 1.25. The molecule has 0 unspecified atom stereocenters. The van der Waals surface area contributed by atoms with Crippen LogP contribution in [-0.4, -0.2) is 9.55 Å². The van der Waals surface area contributed by atoms with Crippen LogP contribution in [0.4, 0.5) is 5.69 Å². The monoisotopic (exact) mass is 158 g/mol. The first-order valence-electron chi connectivity index (χ1n) is 3.63. The van der Waals surface area contributed by atoms with Gasteiger partial charge in [-0.15, -0.1) is 0 Å². The predicted molar refractivity (Wildman–Crippen MR) is 46.8 cm³/mol. The second kappa shape index (κ2) is 2.70. The van der Waals surface area contributed by atoms with E-state index < -0.39 is 0 Å². The van der Waals surface area contributed by atoms with Gasteiger partial charge in [0.05, 0.1) is 0 Å². The molecule has 59 valence electrons. The van der Waals surface area contributed by atoms with Crippen molar-refractivity contribution in [2.24, 2.45) is 0 Å². The fraction of sp³-hybridized carbons (Fsp3) is 0. The molecule has 0 aliphatic rings. The summed E-state index contributed by atoms with van der Waals surface area (Å²) < 4.78 is 1.79. The quantitative estimate of drug-likeness (QED) is 0.635. The van der Waals surface area contributed by atoms with Crippen LogP contribution in [0.25, 0.3) is 5.69 Å². The lowest BCUT2D eigenvalue weighted by Gasteiger charge is -2.00. The van der Waals surface area contributed by atoms with Gasteiger partial charge in [0, 0.05) is 23.8 Å². The number of hydrogen-bond donors (Lipinski definition) is 1. The molecule has 2 rings (SSSR count). The number of hydrogen-bond acceptors (Lipinski definition) is 2. The van der Waals surface area contributed by atoms with Gasteiger partial charge in [-0.3, -0.25) is 4.57 Å². The second-order valence-corrected chi connectivity index (χ2v) is 2.49. The zero-order chi connectivity index (χ0) is 8.39. The number of imidazole rings is 1. The molecule has 1 aromatic heterocycles. The summed E-state index contributed by atoms with van der Waals surface area (Å²) in [6.07, 6.45) is 6.30. The summed E-state index contributed by atoms with van der Waals surface area (Å²) in [6, 6.07) is 7.58. The maximum atomic E-state index is 5.62. The van der Waals surface area contributed by atoms with Crippen LogP contribution in [-0.2, 0) is 0 Å².